The Morgan fingerprint density at radius 2 is 1.71 bits per heavy atom. The number of ether oxygens (including phenoxy) is 1. The molecule has 0 fully saturated rings. The molecule has 0 unspecified atom stereocenters. The fraction of sp³-hybridized carbons (Fsp3) is 0.714. The molecule has 0 spiro atoms. The van der Waals surface area contributed by atoms with Crippen molar-refractivity contribution in [1.82, 2.24) is 0 Å². The van der Waals surface area contributed by atoms with Gasteiger partial charge in [-0.15, -0.1) is 0 Å². The van der Waals surface area contributed by atoms with E-state index in [9.17, 15) is 15.0 Å². The minimum absolute atomic E-state index is 0. The van der Waals surface area contributed by atoms with Crippen LogP contribution in [-0.2, 0) is 9.53 Å². The van der Waals surface area contributed by atoms with Crippen LogP contribution >= 0.6 is 24.8 Å². The molecule has 7 nitrogen and oxygen atoms in total. The molecule has 0 bridgehead atoms. The number of aliphatic hydroxyl groups is 5. The van der Waals surface area contributed by atoms with E-state index in [4.69, 9.17) is 15.3 Å². The van der Waals surface area contributed by atoms with Crippen molar-refractivity contribution in [2.45, 2.75) is 24.4 Å². The summed E-state index contributed by atoms with van der Waals surface area (Å²) in [7, 11) is 0. The van der Waals surface area contributed by atoms with Gasteiger partial charge in [0.05, 0.1) is 6.61 Å². The molecule has 0 aliphatic heterocycles. The normalized spacial score (nSPS) is 17.3. The van der Waals surface area contributed by atoms with Gasteiger partial charge in [0.25, 0.3) is 0 Å². The Morgan fingerprint density at radius 1 is 1.24 bits per heavy atom. The van der Waals surface area contributed by atoms with Gasteiger partial charge in [0, 0.05) is 0 Å². The topological polar surface area (TPSA) is 127 Å². The van der Waals surface area contributed by atoms with Crippen molar-refractivity contribution < 1.29 is 35.1 Å². The van der Waals surface area contributed by atoms with Crippen molar-refractivity contribution in [2.24, 2.45) is 0 Å². The van der Waals surface area contributed by atoms with Gasteiger partial charge in [-0.3, -0.25) is 0 Å². The van der Waals surface area contributed by atoms with Crippen LogP contribution < -0.4 is 0 Å². The summed E-state index contributed by atoms with van der Waals surface area (Å²) in [6, 6.07) is 0. The Hall–Kier alpha value is 0.970. The van der Waals surface area contributed by atoms with Crippen LogP contribution in [0.5, 0.6) is 0 Å². The molecule has 0 rings (SSSR count). The molecular weight excluding hydrogens is 300 g/mol. The number of carbonyl (C=O) groups is 1. The number of thiol groups is 1. The van der Waals surface area contributed by atoms with Crippen LogP contribution in [0.1, 0.15) is 0 Å². The fourth-order valence-electron chi connectivity index (χ4n) is 0.808. The molecule has 0 aliphatic rings. The van der Waals surface area contributed by atoms with Gasteiger partial charge >= 0.3 is 43.7 Å². The van der Waals surface area contributed by atoms with E-state index in [1.54, 1.807) is 0 Å². The number of carbonyl (C=O) groups excluding carboxylic acids is 1. The summed E-state index contributed by atoms with van der Waals surface area (Å²) < 4.78 is 3.72. The van der Waals surface area contributed by atoms with Gasteiger partial charge in [-0.2, -0.15) is 0 Å². The number of aliphatic hydroxyl groups excluding tert-OH is 5. The molecule has 0 heterocycles. The first kappa shape index (κ1) is 20.3. The van der Waals surface area contributed by atoms with E-state index >= 15 is 0 Å². The number of rotatable bonds is 5. The first-order valence-corrected chi connectivity index (χ1v) is 4.94. The third kappa shape index (κ3) is 7.21. The average molecular weight is 314 g/mol. The van der Waals surface area contributed by atoms with Crippen LogP contribution in [-0.4, -0.2) is 105 Å². The summed E-state index contributed by atoms with van der Waals surface area (Å²) in [5.74, 6) is -1.32. The third-order valence-corrected chi connectivity index (χ3v) is 1.86. The number of thiocarbonyl (C=S) groups is 1. The molecule has 4 atom stereocenters. The van der Waals surface area contributed by atoms with Gasteiger partial charge in [-0.05, 0) is 12.2 Å². The van der Waals surface area contributed by atoms with Crippen molar-refractivity contribution in [1.29, 1.82) is 0 Å². The van der Waals surface area contributed by atoms with Crippen molar-refractivity contribution in [2.75, 3.05) is 6.61 Å². The molecule has 0 amide bonds. The zero-order chi connectivity index (χ0) is 12.9. The zero-order valence-corrected chi connectivity index (χ0v) is 9.64. The maximum atomic E-state index is 11.0. The number of hydrogen-bond donors (Lipinski definition) is 6. The van der Waals surface area contributed by atoms with Gasteiger partial charge < -0.3 is 30.3 Å². The Bertz CT molecular complexity index is 265. The molecule has 0 saturated carbocycles. The van der Waals surface area contributed by atoms with Crippen LogP contribution in [0.2, 0.25) is 0 Å². The molecule has 5 N–H and O–H groups in total. The van der Waals surface area contributed by atoms with E-state index in [1.165, 1.54) is 0 Å². The van der Waals surface area contributed by atoms with Crippen LogP contribution in [0, 0.1) is 0 Å². The van der Waals surface area contributed by atoms with Gasteiger partial charge in [-0.25, -0.2) is 4.79 Å². The van der Waals surface area contributed by atoms with E-state index < -0.39 is 41.4 Å². The van der Waals surface area contributed by atoms with E-state index in [1.807, 2.05) is 0 Å². The first-order chi connectivity index (χ1) is 7.31. The standard InChI is InChI=1S/C7H12O7S2.Ca.2H/c8-1-2(9)3(10)4(11)5(12)6(13)14-7(15)16;;;/h2-5,8-12H,1H2,(H,15,16);;;/t2-,3-,4+,5-;;;/m1.../s1. The average Bonchev–Trinajstić information content (AvgIpc) is 2.23. The summed E-state index contributed by atoms with van der Waals surface area (Å²) >= 11 is 7.75. The van der Waals surface area contributed by atoms with E-state index in [2.05, 4.69) is 29.6 Å². The maximum absolute atomic E-state index is 11.0. The van der Waals surface area contributed by atoms with Crippen LogP contribution in [0.15, 0.2) is 0 Å². The van der Waals surface area contributed by atoms with Crippen LogP contribution in [0.4, 0.5) is 0 Å². The number of esters is 1. The van der Waals surface area contributed by atoms with Crippen molar-refractivity contribution in [3.05, 3.63) is 0 Å². The van der Waals surface area contributed by atoms with Gasteiger partial charge in [0.1, 0.15) is 18.3 Å². The molecule has 0 aliphatic carbocycles. The summed E-state index contributed by atoms with van der Waals surface area (Å²) in [6.45, 7) is -0.842. The second-order valence-corrected chi connectivity index (χ2v) is 3.94. The third-order valence-electron chi connectivity index (χ3n) is 1.68. The zero-order valence-electron chi connectivity index (χ0n) is 7.92. The summed E-state index contributed by atoms with van der Waals surface area (Å²) in [6.07, 6.45) is -7.72. The Labute approximate surface area is 138 Å². The Morgan fingerprint density at radius 3 is 2.06 bits per heavy atom. The Kier molecular flexibility index (Phi) is 11.7. The van der Waals surface area contributed by atoms with E-state index in [0.717, 1.165) is 0 Å². The quantitative estimate of drug-likeness (QED) is 0.132. The Balaban J connectivity index is 0. The molecule has 17 heavy (non-hydrogen) atoms. The van der Waals surface area contributed by atoms with Crippen LogP contribution in [0.3, 0.4) is 0 Å². The molecule has 0 saturated heterocycles. The van der Waals surface area contributed by atoms with E-state index in [0.29, 0.717) is 0 Å². The van der Waals surface area contributed by atoms with Crippen molar-refractivity contribution in [3.8, 4) is 0 Å². The van der Waals surface area contributed by atoms with Gasteiger partial charge in [0.2, 0.25) is 4.38 Å². The molecule has 0 radical (unpaired) electrons. The van der Waals surface area contributed by atoms with E-state index in [-0.39, 0.29) is 37.7 Å². The van der Waals surface area contributed by atoms with Gasteiger partial charge in [0.15, 0.2) is 6.10 Å². The second-order valence-electron chi connectivity index (χ2n) is 2.86. The summed E-state index contributed by atoms with van der Waals surface area (Å²) in [5.41, 5.74) is 0. The van der Waals surface area contributed by atoms with Crippen molar-refractivity contribution in [3.63, 3.8) is 0 Å². The molecule has 0 aromatic carbocycles. The SMILES string of the molecule is O=C(OC(=S)S)[C@H](O)[C@@H](O)[C@H](O)[C@H](O)CO.[CaH2]. The van der Waals surface area contributed by atoms with Gasteiger partial charge in [-0.1, -0.05) is 12.6 Å². The summed E-state index contributed by atoms with van der Waals surface area (Å²) in [4.78, 5) is 11.0. The number of hydrogen-bond acceptors (Lipinski definition) is 8. The molecule has 10 heteroatoms. The molecule has 0 aromatic heterocycles. The second kappa shape index (κ2) is 9.84. The minimum atomic E-state index is -2.11. The molecule has 98 valence electrons. The van der Waals surface area contributed by atoms with Crippen molar-refractivity contribution >= 4 is 72.9 Å². The molecular formula is C7H14CaO7S2. The monoisotopic (exact) mass is 314 g/mol. The molecule has 0 aromatic rings. The predicted octanol–water partition coefficient (Wildman–Crippen LogP) is -3.74. The fourth-order valence-corrected chi connectivity index (χ4v) is 0.980. The first-order valence-electron chi connectivity index (χ1n) is 4.09. The van der Waals surface area contributed by atoms with Crippen LogP contribution in [0.25, 0.3) is 0 Å². The summed E-state index contributed by atoms with van der Waals surface area (Å²) in [5, 5.41) is 45.0. The predicted molar refractivity (Wildman–Crippen MR) is 67.3 cm³/mol.